The summed E-state index contributed by atoms with van der Waals surface area (Å²) in [5, 5.41) is 9.01. The quantitative estimate of drug-likeness (QED) is 0.340. The van der Waals surface area contributed by atoms with Crippen molar-refractivity contribution in [3.63, 3.8) is 0 Å². The van der Waals surface area contributed by atoms with E-state index in [4.69, 9.17) is 5.11 Å². The average molecular weight is 474 g/mol. The molecule has 0 saturated carbocycles. The molecule has 4 aromatic rings. The number of carbonyl (C=O) groups is 2. The lowest BCUT2D eigenvalue weighted by Crippen LogP contribution is -2.17. The number of benzene rings is 2. The molecular weight excluding hydrogens is 454 g/mol. The largest absolute Gasteiger partial charge is 0.478 e. The van der Waals surface area contributed by atoms with Crippen LogP contribution in [0.2, 0.25) is 0 Å². The van der Waals surface area contributed by atoms with Gasteiger partial charge in [0.15, 0.2) is 0 Å². The molecule has 1 aliphatic rings. The first-order chi connectivity index (χ1) is 16.0. The zero-order valence-corrected chi connectivity index (χ0v) is 19.2. The fourth-order valence-electron chi connectivity index (χ4n) is 3.68. The van der Waals surface area contributed by atoms with Crippen LogP contribution in [0.3, 0.4) is 0 Å². The molecule has 8 heteroatoms. The summed E-state index contributed by atoms with van der Waals surface area (Å²) in [7, 11) is 1.82. The fraction of sp³-hybridized carbons (Fsp3) is 0.0800. The van der Waals surface area contributed by atoms with E-state index in [2.05, 4.69) is 27.9 Å². The van der Waals surface area contributed by atoms with E-state index in [-0.39, 0.29) is 11.5 Å². The van der Waals surface area contributed by atoms with Gasteiger partial charge in [-0.05, 0) is 77.7 Å². The van der Waals surface area contributed by atoms with Gasteiger partial charge >= 0.3 is 5.97 Å². The molecule has 5 rings (SSSR count). The van der Waals surface area contributed by atoms with E-state index in [1.54, 1.807) is 46.7 Å². The van der Waals surface area contributed by atoms with Gasteiger partial charge in [0.2, 0.25) is 0 Å². The summed E-state index contributed by atoms with van der Waals surface area (Å²) in [5.41, 5.74) is 5.09. The second kappa shape index (κ2) is 8.73. The van der Waals surface area contributed by atoms with Crippen LogP contribution in [0.1, 0.15) is 26.3 Å². The van der Waals surface area contributed by atoms with Crippen LogP contribution in [0.25, 0.3) is 20.9 Å². The van der Waals surface area contributed by atoms with Crippen molar-refractivity contribution in [3.8, 4) is 20.9 Å². The van der Waals surface area contributed by atoms with Crippen LogP contribution in [-0.2, 0) is 6.54 Å². The first kappa shape index (κ1) is 21.2. The third kappa shape index (κ3) is 4.35. The number of carboxylic acids is 1. The van der Waals surface area contributed by atoms with Crippen molar-refractivity contribution < 1.29 is 14.7 Å². The molecule has 1 amide bonds. The van der Waals surface area contributed by atoms with Gasteiger partial charge in [0.05, 0.1) is 17.4 Å². The number of nitrogens with zero attached hydrogens (tertiary/aromatic N) is 2. The van der Waals surface area contributed by atoms with Gasteiger partial charge in [-0.2, -0.15) is 0 Å². The highest BCUT2D eigenvalue weighted by Gasteiger charge is 2.24. The molecule has 0 radical (unpaired) electrons. The number of carbonyl (C=O) groups excluding carboxylic acids is 1. The monoisotopic (exact) mass is 473 g/mol. The minimum atomic E-state index is -0.938. The zero-order valence-electron chi connectivity index (χ0n) is 17.6. The summed E-state index contributed by atoms with van der Waals surface area (Å²) in [6.45, 7) is 0.647. The van der Waals surface area contributed by atoms with Gasteiger partial charge in [-0.15, -0.1) is 11.3 Å². The Morgan fingerprint density at radius 1 is 1.03 bits per heavy atom. The first-order valence-corrected chi connectivity index (χ1v) is 11.8. The molecule has 0 aliphatic carbocycles. The summed E-state index contributed by atoms with van der Waals surface area (Å²) >= 11 is 3.09. The fourth-order valence-corrected chi connectivity index (χ4v) is 5.28. The van der Waals surface area contributed by atoms with E-state index in [1.165, 1.54) is 11.9 Å². The number of aromatic carboxylic acids is 1. The smallest absolute Gasteiger partial charge is 0.335 e. The van der Waals surface area contributed by atoms with Gasteiger partial charge in [0.1, 0.15) is 0 Å². The van der Waals surface area contributed by atoms with Crippen LogP contribution in [0.4, 0.5) is 5.69 Å². The number of thiophene rings is 1. The summed E-state index contributed by atoms with van der Waals surface area (Å²) in [6, 6.07) is 19.0. The van der Waals surface area contributed by atoms with Crippen molar-refractivity contribution in [3.05, 3.63) is 89.7 Å². The number of carboxylic acid groups (broad SMARTS) is 1. The second-order valence-electron chi connectivity index (χ2n) is 7.69. The highest BCUT2D eigenvalue weighted by Crippen LogP contribution is 2.37. The second-order valence-corrected chi connectivity index (χ2v) is 9.66. The summed E-state index contributed by atoms with van der Waals surface area (Å²) in [5.74, 6) is -0.859. The molecule has 0 bridgehead atoms. The van der Waals surface area contributed by atoms with Crippen LogP contribution in [0.5, 0.6) is 0 Å². The summed E-state index contributed by atoms with van der Waals surface area (Å²) in [4.78, 5) is 32.4. The van der Waals surface area contributed by atoms with Crippen molar-refractivity contribution in [2.45, 2.75) is 11.4 Å². The van der Waals surface area contributed by atoms with E-state index < -0.39 is 5.97 Å². The molecule has 2 N–H and O–H groups in total. The molecule has 0 spiro atoms. The standard InChI is InChI=1S/C25H19N3O3S2/c1-28-14-18-10-16(4-7-21(18)24(28)29)22-8-9-23(32-22)17-11-19(13-26-12-17)27-33-20-5-2-15(3-6-20)25(30)31/h2-13,27H,14H2,1H3,(H,30,31). The van der Waals surface area contributed by atoms with E-state index in [9.17, 15) is 9.59 Å². The van der Waals surface area contributed by atoms with Gasteiger partial charge in [0, 0.05) is 45.6 Å². The number of rotatable bonds is 6. The van der Waals surface area contributed by atoms with Crippen LogP contribution in [0, 0.1) is 0 Å². The molecule has 3 heterocycles. The Morgan fingerprint density at radius 2 is 1.79 bits per heavy atom. The molecule has 0 unspecified atom stereocenters. The number of pyridine rings is 1. The molecule has 33 heavy (non-hydrogen) atoms. The number of aromatic nitrogens is 1. The maximum absolute atomic E-state index is 12.1. The lowest BCUT2D eigenvalue weighted by molar-refractivity contribution is 0.0696. The van der Waals surface area contributed by atoms with E-state index in [0.29, 0.717) is 6.54 Å². The third-order valence-electron chi connectivity index (χ3n) is 5.39. The Balaban J connectivity index is 1.31. The number of hydrogen-bond acceptors (Lipinski definition) is 6. The lowest BCUT2D eigenvalue weighted by Gasteiger charge is -2.07. The number of nitrogens with one attached hydrogen (secondary N) is 1. The first-order valence-electron chi connectivity index (χ1n) is 10.2. The molecule has 1 aliphatic heterocycles. The molecule has 0 atom stereocenters. The van der Waals surface area contributed by atoms with Crippen LogP contribution in [0.15, 0.2) is 78.0 Å². The molecule has 6 nitrogen and oxygen atoms in total. The molecule has 2 aromatic carbocycles. The Labute approximate surface area is 199 Å². The van der Waals surface area contributed by atoms with Gasteiger partial charge in [-0.25, -0.2) is 4.79 Å². The van der Waals surface area contributed by atoms with Gasteiger partial charge < -0.3 is 14.7 Å². The highest BCUT2D eigenvalue weighted by atomic mass is 32.2. The topological polar surface area (TPSA) is 82.5 Å². The van der Waals surface area contributed by atoms with Crippen LogP contribution in [-0.4, -0.2) is 33.9 Å². The molecule has 0 fully saturated rings. The van der Waals surface area contributed by atoms with Gasteiger partial charge in [-0.3, -0.25) is 9.78 Å². The SMILES string of the molecule is CN1Cc2cc(-c3ccc(-c4cncc(NSc5ccc(C(=O)O)cc5)c4)s3)ccc2C1=O. The zero-order chi connectivity index (χ0) is 22.9. The van der Waals surface area contributed by atoms with Crippen molar-refractivity contribution in [2.75, 3.05) is 11.8 Å². The maximum Gasteiger partial charge on any atom is 0.335 e. The minimum Gasteiger partial charge on any atom is -0.478 e. The third-order valence-corrected chi connectivity index (χ3v) is 7.42. The van der Waals surface area contributed by atoms with Gasteiger partial charge in [-0.1, -0.05) is 6.07 Å². The van der Waals surface area contributed by atoms with Crippen molar-refractivity contribution in [2.24, 2.45) is 0 Å². The average Bonchev–Trinajstić information content (AvgIpc) is 3.43. The lowest BCUT2D eigenvalue weighted by atomic mass is 10.1. The number of fused-ring (bicyclic) bond motifs is 1. The Bertz CT molecular complexity index is 1370. The molecule has 0 saturated heterocycles. The molecule has 164 valence electrons. The Kier molecular flexibility index (Phi) is 5.62. The normalized spacial score (nSPS) is 12.6. The van der Waals surface area contributed by atoms with E-state index in [1.807, 2.05) is 31.4 Å². The minimum absolute atomic E-state index is 0.0782. The summed E-state index contributed by atoms with van der Waals surface area (Å²) < 4.78 is 3.27. The van der Waals surface area contributed by atoms with Crippen LogP contribution >= 0.6 is 23.3 Å². The predicted molar refractivity (Wildman–Crippen MR) is 132 cm³/mol. The van der Waals surface area contributed by atoms with Crippen molar-refractivity contribution in [1.29, 1.82) is 0 Å². The molecule has 2 aromatic heterocycles. The van der Waals surface area contributed by atoms with Crippen molar-refractivity contribution >= 4 is 40.8 Å². The predicted octanol–water partition coefficient (Wildman–Crippen LogP) is 5.88. The maximum atomic E-state index is 12.1. The van der Waals surface area contributed by atoms with Gasteiger partial charge in [0.25, 0.3) is 5.91 Å². The number of amides is 1. The van der Waals surface area contributed by atoms with E-state index in [0.717, 1.165) is 42.6 Å². The van der Waals surface area contributed by atoms with E-state index >= 15 is 0 Å². The van der Waals surface area contributed by atoms with Crippen LogP contribution < -0.4 is 4.72 Å². The highest BCUT2D eigenvalue weighted by molar-refractivity contribution is 8.00. The van der Waals surface area contributed by atoms with Crippen molar-refractivity contribution in [1.82, 2.24) is 9.88 Å². The Hall–Kier alpha value is -3.62. The summed E-state index contributed by atoms with van der Waals surface area (Å²) in [6.07, 6.45) is 3.59. The number of anilines is 1. The number of hydrogen-bond donors (Lipinski definition) is 2. The Morgan fingerprint density at radius 3 is 2.55 bits per heavy atom. The molecular formula is C25H19N3O3S2.